The number of nitrogens with zero attached hydrogens (tertiary/aromatic N) is 1. The lowest BCUT2D eigenvalue weighted by molar-refractivity contribution is 0.234. The van der Waals surface area contributed by atoms with Crippen LogP contribution in [-0.2, 0) is 6.54 Å². The lowest BCUT2D eigenvalue weighted by Crippen LogP contribution is -2.23. The van der Waals surface area contributed by atoms with Gasteiger partial charge in [-0.1, -0.05) is 12.1 Å². The zero-order valence-electron chi connectivity index (χ0n) is 10.8. The largest absolute Gasteiger partial charge is 0.490 e. The second kappa shape index (κ2) is 6.93. The van der Waals surface area contributed by atoms with E-state index in [0.717, 1.165) is 23.3 Å². The Kier molecular flexibility index (Phi) is 5.24. The molecular weight excluding hydrogens is 324 g/mol. The molecule has 2 N–H and O–H groups in total. The summed E-state index contributed by atoms with van der Waals surface area (Å²) in [4.78, 5) is 3.57. The molecule has 0 aliphatic heterocycles. The molecule has 2 rings (SSSR count). The highest BCUT2D eigenvalue weighted by molar-refractivity contribution is 9.10. The van der Waals surface area contributed by atoms with Gasteiger partial charge in [-0.3, -0.25) is 4.90 Å². The number of nitrogens with two attached hydrogens (primary N) is 1. The highest BCUT2D eigenvalue weighted by Crippen LogP contribution is 2.21. The third-order valence-corrected chi connectivity index (χ3v) is 4.38. The Bertz CT molecular complexity index is 530. The van der Waals surface area contributed by atoms with E-state index in [-0.39, 0.29) is 0 Å². The second-order valence-electron chi connectivity index (χ2n) is 4.36. The number of anilines is 1. The van der Waals surface area contributed by atoms with Gasteiger partial charge in [0.1, 0.15) is 12.4 Å². The number of ether oxygens (including phenoxy) is 1. The first kappa shape index (κ1) is 14.4. The highest BCUT2D eigenvalue weighted by Gasteiger charge is 2.04. The van der Waals surface area contributed by atoms with Crippen molar-refractivity contribution in [1.82, 2.24) is 4.90 Å². The lowest BCUT2D eigenvalue weighted by atomic mass is 10.3. The molecule has 0 unspecified atom stereocenters. The summed E-state index contributed by atoms with van der Waals surface area (Å²) in [7, 11) is 2.09. The molecule has 2 aromatic rings. The molecule has 5 heteroatoms. The van der Waals surface area contributed by atoms with Gasteiger partial charge in [-0.25, -0.2) is 0 Å². The SMILES string of the molecule is CN(CCOc1ccccc1N)Cc1cc(Br)cs1. The van der Waals surface area contributed by atoms with Gasteiger partial charge < -0.3 is 10.5 Å². The molecule has 0 radical (unpaired) electrons. The maximum atomic E-state index is 5.82. The normalized spacial score (nSPS) is 10.9. The molecule has 3 nitrogen and oxygen atoms in total. The van der Waals surface area contributed by atoms with Crippen molar-refractivity contribution >= 4 is 33.0 Å². The summed E-state index contributed by atoms with van der Waals surface area (Å²) >= 11 is 5.23. The van der Waals surface area contributed by atoms with Crippen LogP contribution in [0.4, 0.5) is 5.69 Å². The summed E-state index contributed by atoms with van der Waals surface area (Å²) < 4.78 is 6.83. The van der Waals surface area contributed by atoms with Crippen molar-refractivity contribution < 1.29 is 4.74 Å². The zero-order valence-corrected chi connectivity index (χ0v) is 13.2. The van der Waals surface area contributed by atoms with Gasteiger partial charge in [0.25, 0.3) is 0 Å². The topological polar surface area (TPSA) is 38.5 Å². The fraction of sp³-hybridized carbons (Fsp3) is 0.286. The Morgan fingerprint density at radius 1 is 1.37 bits per heavy atom. The van der Waals surface area contributed by atoms with Crippen LogP contribution in [0.3, 0.4) is 0 Å². The predicted octanol–water partition coefficient (Wildman–Crippen LogP) is 3.60. The van der Waals surface area contributed by atoms with Gasteiger partial charge >= 0.3 is 0 Å². The van der Waals surface area contributed by atoms with Crippen LogP contribution in [-0.4, -0.2) is 25.1 Å². The van der Waals surface area contributed by atoms with E-state index in [4.69, 9.17) is 10.5 Å². The molecule has 0 amide bonds. The molecule has 1 aromatic heterocycles. The molecule has 0 saturated carbocycles. The van der Waals surface area contributed by atoms with Gasteiger partial charge in [0.2, 0.25) is 0 Å². The molecule has 0 fully saturated rings. The number of hydrogen-bond donors (Lipinski definition) is 1. The molecule has 1 aromatic carbocycles. The summed E-state index contributed by atoms with van der Waals surface area (Å²) in [6.07, 6.45) is 0. The monoisotopic (exact) mass is 340 g/mol. The van der Waals surface area contributed by atoms with Gasteiger partial charge in [-0.15, -0.1) is 11.3 Å². The van der Waals surface area contributed by atoms with E-state index < -0.39 is 0 Å². The third kappa shape index (κ3) is 4.53. The summed E-state index contributed by atoms with van der Waals surface area (Å²) in [6, 6.07) is 9.73. The summed E-state index contributed by atoms with van der Waals surface area (Å²) in [5.41, 5.74) is 6.51. The van der Waals surface area contributed by atoms with E-state index in [9.17, 15) is 0 Å². The van der Waals surface area contributed by atoms with Gasteiger partial charge in [0.05, 0.1) is 5.69 Å². The molecular formula is C14H17BrN2OS. The number of hydrogen-bond acceptors (Lipinski definition) is 4. The minimum atomic E-state index is 0.636. The summed E-state index contributed by atoms with van der Waals surface area (Å²) in [5, 5.41) is 2.10. The minimum Gasteiger partial charge on any atom is -0.490 e. The first-order chi connectivity index (χ1) is 9.15. The smallest absolute Gasteiger partial charge is 0.142 e. The van der Waals surface area contributed by atoms with E-state index in [1.165, 1.54) is 4.88 Å². The van der Waals surface area contributed by atoms with Gasteiger partial charge in [-0.2, -0.15) is 0 Å². The number of para-hydroxylation sites is 2. The van der Waals surface area contributed by atoms with Crippen molar-refractivity contribution in [2.45, 2.75) is 6.54 Å². The van der Waals surface area contributed by atoms with Crippen LogP contribution < -0.4 is 10.5 Å². The maximum Gasteiger partial charge on any atom is 0.142 e. The molecule has 0 bridgehead atoms. The van der Waals surface area contributed by atoms with Gasteiger partial charge in [0.15, 0.2) is 0 Å². The number of benzene rings is 1. The Labute approximate surface area is 126 Å². The van der Waals surface area contributed by atoms with Crippen LogP contribution in [0, 0.1) is 0 Å². The van der Waals surface area contributed by atoms with E-state index >= 15 is 0 Å². The molecule has 0 saturated heterocycles. The van der Waals surface area contributed by atoms with Crippen LogP contribution >= 0.6 is 27.3 Å². The highest BCUT2D eigenvalue weighted by atomic mass is 79.9. The zero-order chi connectivity index (χ0) is 13.7. The van der Waals surface area contributed by atoms with Gasteiger partial charge in [0, 0.05) is 27.8 Å². The number of halogens is 1. The predicted molar refractivity (Wildman–Crippen MR) is 84.7 cm³/mol. The minimum absolute atomic E-state index is 0.636. The number of thiophene rings is 1. The van der Waals surface area contributed by atoms with Crippen molar-refractivity contribution in [2.75, 3.05) is 25.9 Å². The molecule has 0 aliphatic carbocycles. The van der Waals surface area contributed by atoms with Gasteiger partial charge in [-0.05, 0) is 41.2 Å². The molecule has 0 spiro atoms. The quantitative estimate of drug-likeness (QED) is 0.816. The number of nitrogen functional groups attached to an aromatic ring is 1. The Morgan fingerprint density at radius 3 is 2.84 bits per heavy atom. The Balaban J connectivity index is 1.75. The Morgan fingerprint density at radius 2 is 2.16 bits per heavy atom. The molecule has 0 aliphatic rings. The third-order valence-electron chi connectivity index (χ3n) is 2.70. The first-order valence-corrected chi connectivity index (χ1v) is 7.71. The van der Waals surface area contributed by atoms with E-state index in [2.05, 4.69) is 39.3 Å². The second-order valence-corrected chi connectivity index (χ2v) is 6.27. The fourth-order valence-electron chi connectivity index (χ4n) is 1.71. The number of rotatable bonds is 6. The molecule has 0 atom stereocenters. The Hall–Kier alpha value is -1.04. The van der Waals surface area contributed by atoms with Crippen molar-refractivity contribution in [3.63, 3.8) is 0 Å². The van der Waals surface area contributed by atoms with Crippen molar-refractivity contribution in [3.05, 3.63) is 45.1 Å². The molecule has 19 heavy (non-hydrogen) atoms. The summed E-state index contributed by atoms with van der Waals surface area (Å²) in [5.74, 6) is 0.759. The van der Waals surface area contributed by atoms with Crippen LogP contribution in [0.5, 0.6) is 5.75 Å². The maximum absolute atomic E-state index is 5.82. The standard InChI is InChI=1S/C14H17BrN2OS/c1-17(9-12-8-11(15)10-19-12)6-7-18-14-5-3-2-4-13(14)16/h2-5,8,10H,6-7,9,16H2,1H3. The summed E-state index contributed by atoms with van der Waals surface area (Å²) in [6.45, 7) is 2.44. The number of likely N-dealkylation sites (N-methyl/N-ethyl adjacent to an activating group) is 1. The average Bonchev–Trinajstić information content (AvgIpc) is 2.77. The van der Waals surface area contributed by atoms with Crippen molar-refractivity contribution in [3.8, 4) is 5.75 Å². The van der Waals surface area contributed by atoms with E-state index in [0.29, 0.717) is 12.3 Å². The van der Waals surface area contributed by atoms with Crippen molar-refractivity contribution in [2.24, 2.45) is 0 Å². The van der Waals surface area contributed by atoms with E-state index in [1.807, 2.05) is 24.3 Å². The fourth-order valence-corrected chi connectivity index (χ4v) is 3.24. The van der Waals surface area contributed by atoms with Crippen LogP contribution in [0.2, 0.25) is 0 Å². The van der Waals surface area contributed by atoms with Crippen LogP contribution in [0.15, 0.2) is 40.2 Å². The van der Waals surface area contributed by atoms with Crippen LogP contribution in [0.25, 0.3) is 0 Å². The molecule has 1 heterocycles. The van der Waals surface area contributed by atoms with Crippen LogP contribution in [0.1, 0.15) is 4.88 Å². The molecule has 102 valence electrons. The first-order valence-electron chi connectivity index (χ1n) is 6.04. The average molecular weight is 341 g/mol. The van der Waals surface area contributed by atoms with E-state index in [1.54, 1.807) is 11.3 Å². The van der Waals surface area contributed by atoms with Crippen molar-refractivity contribution in [1.29, 1.82) is 0 Å². The lowest BCUT2D eigenvalue weighted by Gasteiger charge is -2.16.